The molecule has 18 heavy (non-hydrogen) atoms. The zero-order chi connectivity index (χ0) is 13.1. The van der Waals surface area contributed by atoms with Gasteiger partial charge in [-0.15, -0.1) is 0 Å². The number of carbonyl (C=O) groups is 1. The lowest BCUT2D eigenvalue weighted by molar-refractivity contribution is 0.0939. The Morgan fingerprint density at radius 3 is 2.56 bits per heavy atom. The molecule has 0 amide bonds. The van der Waals surface area contributed by atoms with Crippen molar-refractivity contribution in [2.45, 2.75) is 20.8 Å². The molecule has 0 atom stereocenters. The molecule has 1 saturated heterocycles. The predicted octanol–water partition coefficient (Wildman–Crippen LogP) is 2.67. The summed E-state index contributed by atoms with van der Waals surface area (Å²) in [5, 5.41) is 0. The van der Waals surface area contributed by atoms with Crippen molar-refractivity contribution < 1.29 is 9.53 Å². The third-order valence-electron chi connectivity index (χ3n) is 3.37. The maximum absolute atomic E-state index is 12.0. The van der Waals surface area contributed by atoms with Gasteiger partial charge in [-0.2, -0.15) is 0 Å². The Balaban J connectivity index is 2.28. The molecule has 1 aliphatic heterocycles. The summed E-state index contributed by atoms with van der Waals surface area (Å²) in [6.07, 6.45) is 0. The number of ether oxygens (including phenoxy) is 1. The van der Waals surface area contributed by atoms with Gasteiger partial charge in [0.05, 0.1) is 13.2 Å². The first-order chi connectivity index (χ1) is 8.59. The van der Waals surface area contributed by atoms with Gasteiger partial charge in [-0.25, -0.2) is 0 Å². The number of ketones is 1. The summed E-state index contributed by atoms with van der Waals surface area (Å²) >= 11 is 0. The highest BCUT2D eigenvalue weighted by Gasteiger charge is 2.16. The van der Waals surface area contributed by atoms with Crippen LogP contribution in [0.2, 0.25) is 0 Å². The van der Waals surface area contributed by atoms with Crippen molar-refractivity contribution in [1.29, 1.82) is 0 Å². The molecule has 0 spiro atoms. The lowest BCUT2D eigenvalue weighted by Gasteiger charge is -2.30. The van der Waals surface area contributed by atoms with Crippen molar-refractivity contribution in [3.63, 3.8) is 0 Å². The minimum absolute atomic E-state index is 0.0465. The van der Waals surface area contributed by atoms with Gasteiger partial charge < -0.3 is 9.64 Å². The fourth-order valence-electron chi connectivity index (χ4n) is 2.24. The smallest absolute Gasteiger partial charge is 0.165 e. The largest absolute Gasteiger partial charge is 0.378 e. The second-order valence-electron chi connectivity index (χ2n) is 5.12. The highest BCUT2D eigenvalue weighted by Crippen LogP contribution is 2.24. The van der Waals surface area contributed by atoms with Crippen LogP contribution in [0, 0.1) is 12.8 Å². The van der Waals surface area contributed by atoms with Crippen LogP contribution in [0.4, 0.5) is 5.69 Å². The summed E-state index contributed by atoms with van der Waals surface area (Å²) in [4.78, 5) is 14.3. The molecule has 0 N–H and O–H groups in total. The number of Topliss-reactive ketones (excluding diaryl/α,β-unsaturated/α-hetero) is 1. The zero-order valence-corrected chi connectivity index (χ0v) is 11.4. The molecular weight excluding hydrogens is 226 g/mol. The van der Waals surface area contributed by atoms with Crippen LogP contribution >= 0.6 is 0 Å². The van der Waals surface area contributed by atoms with Gasteiger partial charge in [0.2, 0.25) is 0 Å². The van der Waals surface area contributed by atoms with E-state index in [4.69, 9.17) is 4.74 Å². The molecule has 0 aliphatic carbocycles. The Hall–Kier alpha value is -1.35. The summed E-state index contributed by atoms with van der Waals surface area (Å²) < 4.78 is 5.37. The Morgan fingerprint density at radius 2 is 1.94 bits per heavy atom. The molecular formula is C15H21NO2. The summed E-state index contributed by atoms with van der Waals surface area (Å²) in [5.41, 5.74) is 3.21. The van der Waals surface area contributed by atoms with Gasteiger partial charge in [0.25, 0.3) is 0 Å². The van der Waals surface area contributed by atoms with E-state index < -0.39 is 0 Å². The van der Waals surface area contributed by atoms with E-state index in [1.165, 1.54) is 11.3 Å². The quantitative estimate of drug-likeness (QED) is 0.769. The first kappa shape index (κ1) is 13.1. The average molecular weight is 247 g/mol. The second kappa shape index (κ2) is 5.53. The first-order valence-electron chi connectivity index (χ1n) is 6.57. The topological polar surface area (TPSA) is 29.5 Å². The Morgan fingerprint density at radius 1 is 1.28 bits per heavy atom. The van der Waals surface area contributed by atoms with Crippen LogP contribution < -0.4 is 4.90 Å². The van der Waals surface area contributed by atoms with Gasteiger partial charge in [0.1, 0.15) is 0 Å². The first-order valence-corrected chi connectivity index (χ1v) is 6.57. The lowest BCUT2D eigenvalue weighted by Crippen LogP contribution is -2.36. The van der Waals surface area contributed by atoms with Gasteiger partial charge >= 0.3 is 0 Å². The summed E-state index contributed by atoms with van der Waals surface area (Å²) in [6.45, 7) is 9.31. The average Bonchev–Trinajstić information content (AvgIpc) is 2.39. The molecule has 0 saturated carbocycles. The molecule has 2 rings (SSSR count). The summed E-state index contributed by atoms with van der Waals surface area (Å²) in [5.74, 6) is 0.259. The fraction of sp³-hybridized carbons (Fsp3) is 0.533. The van der Waals surface area contributed by atoms with E-state index in [9.17, 15) is 4.79 Å². The van der Waals surface area contributed by atoms with E-state index >= 15 is 0 Å². The van der Waals surface area contributed by atoms with E-state index in [-0.39, 0.29) is 11.7 Å². The number of nitrogens with zero attached hydrogens (tertiary/aromatic N) is 1. The van der Waals surface area contributed by atoms with E-state index in [1.54, 1.807) is 0 Å². The second-order valence-corrected chi connectivity index (χ2v) is 5.12. The molecule has 1 heterocycles. The monoisotopic (exact) mass is 247 g/mol. The molecule has 0 aromatic heterocycles. The molecule has 1 aromatic rings. The molecule has 98 valence electrons. The van der Waals surface area contributed by atoms with Crippen molar-refractivity contribution in [3.05, 3.63) is 29.3 Å². The van der Waals surface area contributed by atoms with Gasteiger partial charge in [-0.3, -0.25) is 4.79 Å². The normalized spacial score (nSPS) is 16.1. The zero-order valence-electron chi connectivity index (χ0n) is 11.4. The molecule has 0 bridgehead atoms. The number of hydrogen-bond donors (Lipinski definition) is 0. The van der Waals surface area contributed by atoms with E-state index in [2.05, 4.69) is 11.8 Å². The van der Waals surface area contributed by atoms with Crippen LogP contribution in [0.5, 0.6) is 0 Å². The SMILES string of the molecule is Cc1ccc(C(=O)C(C)C)cc1N1CCOCC1. The molecule has 0 radical (unpaired) electrons. The number of aryl methyl sites for hydroxylation is 1. The molecule has 0 unspecified atom stereocenters. The van der Waals surface area contributed by atoms with Crippen LogP contribution in [0.15, 0.2) is 18.2 Å². The van der Waals surface area contributed by atoms with Crippen molar-refractivity contribution in [2.75, 3.05) is 31.2 Å². The van der Waals surface area contributed by atoms with Crippen LogP contribution in [0.3, 0.4) is 0 Å². The molecule has 1 aromatic carbocycles. The van der Waals surface area contributed by atoms with E-state index in [1.807, 2.05) is 32.0 Å². The number of morpholine rings is 1. The maximum Gasteiger partial charge on any atom is 0.165 e. The van der Waals surface area contributed by atoms with Gasteiger partial charge in [0, 0.05) is 30.3 Å². The Bertz CT molecular complexity index is 434. The maximum atomic E-state index is 12.0. The number of carbonyl (C=O) groups excluding carboxylic acids is 1. The number of rotatable bonds is 3. The number of anilines is 1. The molecule has 3 nitrogen and oxygen atoms in total. The predicted molar refractivity (Wildman–Crippen MR) is 73.4 cm³/mol. The van der Waals surface area contributed by atoms with Crippen LogP contribution in [-0.4, -0.2) is 32.1 Å². The summed E-state index contributed by atoms with van der Waals surface area (Å²) in [7, 11) is 0. The lowest BCUT2D eigenvalue weighted by atomic mass is 9.99. The van der Waals surface area contributed by atoms with Crippen LogP contribution in [0.25, 0.3) is 0 Å². The van der Waals surface area contributed by atoms with Gasteiger partial charge in [-0.1, -0.05) is 26.0 Å². The van der Waals surface area contributed by atoms with Crippen LogP contribution in [0.1, 0.15) is 29.8 Å². The Labute approximate surface area is 109 Å². The highest BCUT2D eigenvalue weighted by molar-refractivity contribution is 5.98. The van der Waals surface area contributed by atoms with E-state index in [0.29, 0.717) is 0 Å². The summed E-state index contributed by atoms with van der Waals surface area (Å²) in [6, 6.07) is 6.00. The highest BCUT2D eigenvalue weighted by atomic mass is 16.5. The molecule has 3 heteroatoms. The van der Waals surface area contributed by atoms with Crippen LogP contribution in [-0.2, 0) is 4.74 Å². The minimum atomic E-state index is 0.0465. The molecule has 1 fully saturated rings. The van der Waals surface area contributed by atoms with Gasteiger partial charge in [0.15, 0.2) is 5.78 Å². The Kier molecular flexibility index (Phi) is 4.02. The minimum Gasteiger partial charge on any atom is -0.378 e. The van der Waals surface area contributed by atoms with Crippen molar-refractivity contribution in [2.24, 2.45) is 5.92 Å². The van der Waals surface area contributed by atoms with Crippen molar-refractivity contribution >= 4 is 11.5 Å². The van der Waals surface area contributed by atoms with E-state index in [0.717, 1.165) is 31.9 Å². The number of hydrogen-bond acceptors (Lipinski definition) is 3. The van der Waals surface area contributed by atoms with Gasteiger partial charge in [-0.05, 0) is 18.6 Å². The number of benzene rings is 1. The molecule has 1 aliphatic rings. The fourth-order valence-corrected chi connectivity index (χ4v) is 2.24. The third-order valence-corrected chi connectivity index (χ3v) is 3.37. The standard InChI is InChI=1S/C15H21NO2/c1-11(2)15(17)13-5-4-12(3)14(10-13)16-6-8-18-9-7-16/h4-5,10-11H,6-9H2,1-3H3. The third kappa shape index (κ3) is 2.72. The van der Waals surface area contributed by atoms with Crippen molar-refractivity contribution in [1.82, 2.24) is 0 Å². The van der Waals surface area contributed by atoms with Crippen molar-refractivity contribution in [3.8, 4) is 0 Å².